The summed E-state index contributed by atoms with van der Waals surface area (Å²) in [6.07, 6.45) is 7.37. The number of amides is 1. The first-order valence-electron chi connectivity index (χ1n) is 9.70. The van der Waals surface area contributed by atoms with Gasteiger partial charge in [-0.2, -0.15) is 0 Å². The third kappa shape index (κ3) is 6.33. The minimum Gasteiger partial charge on any atom is -0.345 e. The van der Waals surface area contributed by atoms with Crippen LogP contribution in [0.1, 0.15) is 24.0 Å². The molecule has 27 heavy (non-hydrogen) atoms. The van der Waals surface area contributed by atoms with E-state index in [1.54, 1.807) is 12.4 Å². The summed E-state index contributed by atoms with van der Waals surface area (Å²) in [5, 5.41) is 0.788. The molecule has 1 aromatic heterocycles. The zero-order valence-corrected chi connectivity index (χ0v) is 16.7. The van der Waals surface area contributed by atoms with Gasteiger partial charge in [0.1, 0.15) is 0 Å². The SMILES string of the molecule is CN(C[C@@H]1CCCN(CCc2ccc(Cl)cc2)C1)C(=O)Cc1cccnc1. The Morgan fingerprint density at radius 1 is 1.26 bits per heavy atom. The average Bonchev–Trinajstić information content (AvgIpc) is 2.68. The molecule has 5 heteroatoms. The van der Waals surface area contributed by atoms with Gasteiger partial charge in [-0.25, -0.2) is 0 Å². The molecule has 1 fully saturated rings. The van der Waals surface area contributed by atoms with Crippen molar-refractivity contribution in [1.82, 2.24) is 14.8 Å². The summed E-state index contributed by atoms with van der Waals surface area (Å²) >= 11 is 5.96. The monoisotopic (exact) mass is 385 g/mol. The van der Waals surface area contributed by atoms with Gasteiger partial charge in [0, 0.05) is 44.1 Å². The quantitative estimate of drug-likeness (QED) is 0.729. The molecule has 0 saturated carbocycles. The van der Waals surface area contributed by atoms with Crippen LogP contribution < -0.4 is 0 Å². The molecule has 1 saturated heterocycles. The largest absolute Gasteiger partial charge is 0.345 e. The number of likely N-dealkylation sites (N-methyl/N-ethyl adjacent to an activating group) is 1. The summed E-state index contributed by atoms with van der Waals surface area (Å²) in [7, 11) is 1.92. The van der Waals surface area contributed by atoms with Crippen LogP contribution in [0, 0.1) is 5.92 Å². The Morgan fingerprint density at radius 2 is 2.07 bits per heavy atom. The highest BCUT2D eigenvalue weighted by Gasteiger charge is 2.22. The number of rotatable bonds is 7. The number of hydrogen-bond donors (Lipinski definition) is 0. The highest BCUT2D eigenvalue weighted by molar-refractivity contribution is 6.30. The van der Waals surface area contributed by atoms with E-state index in [9.17, 15) is 4.79 Å². The molecule has 2 aromatic rings. The van der Waals surface area contributed by atoms with Crippen LogP contribution in [0.2, 0.25) is 5.02 Å². The van der Waals surface area contributed by atoms with Crippen LogP contribution in [-0.2, 0) is 17.6 Å². The number of nitrogens with zero attached hydrogens (tertiary/aromatic N) is 3. The zero-order valence-electron chi connectivity index (χ0n) is 16.0. The molecule has 0 spiro atoms. The Bertz CT molecular complexity index is 720. The van der Waals surface area contributed by atoms with Crippen molar-refractivity contribution in [2.45, 2.75) is 25.7 Å². The van der Waals surface area contributed by atoms with Gasteiger partial charge in [-0.15, -0.1) is 0 Å². The fraction of sp³-hybridized carbons (Fsp3) is 0.455. The molecule has 2 heterocycles. The van der Waals surface area contributed by atoms with Crippen molar-refractivity contribution in [3.05, 3.63) is 64.9 Å². The molecular formula is C22H28ClN3O. The Morgan fingerprint density at radius 3 is 2.81 bits per heavy atom. The molecule has 0 bridgehead atoms. The first kappa shape index (κ1) is 19.8. The van der Waals surface area contributed by atoms with Gasteiger partial charge < -0.3 is 9.80 Å². The maximum absolute atomic E-state index is 12.5. The summed E-state index contributed by atoms with van der Waals surface area (Å²) in [5.41, 5.74) is 2.30. The first-order valence-corrected chi connectivity index (χ1v) is 10.1. The Hall–Kier alpha value is -1.91. The lowest BCUT2D eigenvalue weighted by Crippen LogP contribution is -2.42. The number of benzene rings is 1. The summed E-state index contributed by atoms with van der Waals surface area (Å²) in [4.78, 5) is 21.0. The molecular weight excluding hydrogens is 358 g/mol. The van der Waals surface area contributed by atoms with Crippen molar-refractivity contribution in [1.29, 1.82) is 0 Å². The summed E-state index contributed by atoms with van der Waals surface area (Å²) in [5.74, 6) is 0.716. The zero-order chi connectivity index (χ0) is 19.1. The van der Waals surface area contributed by atoms with E-state index in [4.69, 9.17) is 11.6 Å². The van der Waals surface area contributed by atoms with Crippen LogP contribution in [0.5, 0.6) is 0 Å². The van der Waals surface area contributed by atoms with Crippen LogP contribution >= 0.6 is 11.6 Å². The predicted octanol–water partition coefficient (Wildman–Crippen LogP) is 3.69. The smallest absolute Gasteiger partial charge is 0.226 e. The van der Waals surface area contributed by atoms with E-state index in [2.05, 4.69) is 22.0 Å². The number of pyridine rings is 1. The minimum atomic E-state index is 0.168. The second-order valence-corrected chi connectivity index (χ2v) is 7.93. The standard InChI is InChI=1S/C22H28ClN3O/c1-25(22(27)14-19-4-2-11-24-15-19)16-20-5-3-12-26(17-20)13-10-18-6-8-21(23)9-7-18/h2,4,6-9,11,15,20H,3,5,10,12-14,16-17H2,1H3/t20-/m0/s1. The number of aromatic nitrogens is 1. The Labute approximate surface area is 167 Å². The van der Waals surface area contributed by atoms with Gasteiger partial charge >= 0.3 is 0 Å². The minimum absolute atomic E-state index is 0.168. The molecule has 0 unspecified atom stereocenters. The maximum atomic E-state index is 12.5. The highest BCUT2D eigenvalue weighted by Crippen LogP contribution is 2.19. The van der Waals surface area contributed by atoms with Crippen molar-refractivity contribution < 1.29 is 4.79 Å². The van der Waals surface area contributed by atoms with Gasteiger partial charge in [-0.3, -0.25) is 9.78 Å². The third-order valence-electron chi connectivity index (χ3n) is 5.27. The molecule has 3 rings (SSSR count). The van der Waals surface area contributed by atoms with Gasteiger partial charge in [0.15, 0.2) is 0 Å². The first-order chi connectivity index (χ1) is 13.1. The van der Waals surface area contributed by atoms with Crippen molar-refractivity contribution >= 4 is 17.5 Å². The van der Waals surface area contributed by atoms with Crippen LogP contribution in [-0.4, -0.2) is 53.9 Å². The number of piperidine rings is 1. The second-order valence-electron chi connectivity index (χ2n) is 7.50. The number of likely N-dealkylation sites (tertiary alicyclic amines) is 1. The number of carbonyl (C=O) groups excluding carboxylic acids is 1. The van der Waals surface area contributed by atoms with Gasteiger partial charge in [0.05, 0.1) is 6.42 Å². The summed E-state index contributed by atoms with van der Waals surface area (Å²) < 4.78 is 0. The van der Waals surface area contributed by atoms with E-state index in [1.165, 1.54) is 18.4 Å². The van der Waals surface area contributed by atoms with Crippen molar-refractivity contribution in [2.24, 2.45) is 5.92 Å². The molecule has 1 aliphatic heterocycles. The van der Waals surface area contributed by atoms with Gasteiger partial charge in [0.2, 0.25) is 5.91 Å². The summed E-state index contributed by atoms with van der Waals surface area (Å²) in [6, 6.07) is 12.0. The van der Waals surface area contributed by atoms with E-state index < -0.39 is 0 Å². The van der Waals surface area contributed by atoms with Gasteiger partial charge in [0.25, 0.3) is 0 Å². The van der Waals surface area contributed by atoms with E-state index >= 15 is 0 Å². The van der Waals surface area contributed by atoms with Crippen molar-refractivity contribution in [3.8, 4) is 0 Å². The van der Waals surface area contributed by atoms with E-state index in [-0.39, 0.29) is 5.91 Å². The molecule has 1 aliphatic rings. The topological polar surface area (TPSA) is 36.4 Å². The number of hydrogen-bond acceptors (Lipinski definition) is 3. The molecule has 0 aliphatic carbocycles. The molecule has 0 N–H and O–H groups in total. The molecule has 1 aromatic carbocycles. The fourth-order valence-electron chi connectivity index (χ4n) is 3.74. The average molecular weight is 386 g/mol. The maximum Gasteiger partial charge on any atom is 0.226 e. The lowest BCUT2D eigenvalue weighted by molar-refractivity contribution is -0.130. The summed E-state index contributed by atoms with van der Waals surface area (Å²) in [6.45, 7) is 4.11. The normalized spacial score (nSPS) is 17.6. The van der Waals surface area contributed by atoms with Crippen molar-refractivity contribution in [2.75, 3.05) is 33.2 Å². The Kier molecular flexibility index (Phi) is 7.25. The Balaban J connectivity index is 1.44. The second kappa shape index (κ2) is 9.86. The van der Waals surface area contributed by atoms with Crippen LogP contribution in [0.25, 0.3) is 0 Å². The molecule has 1 atom stereocenters. The van der Waals surface area contributed by atoms with E-state index in [0.717, 1.165) is 43.2 Å². The van der Waals surface area contributed by atoms with E-state index in [0.29, 0.717) is 12.3 Å². The third-order valence-corrected chi connectivity index (χ3v) is 5.52. The van der Waals surface area contributed by atoms with Crippen LogP contribution in [0.4, 0.5) is 0 Å². The molecule has 0 radical (unpaired) electrons. The van der Waals surface area contributed by atoms with E-state index in [1.807, 2.05) is 36.2 Å². The number of carbonyl (C=O) groups is 1. The van der Waals surface area contributed by atoms with Gasteiger partial charge in [-0.1, -0.05) is 29.8 Å². The van der Waals surface area contributed by atoms with Gasteiger partial charge in [-0.05, 0) is 61.1 Å². The molecule has 4 nitrogen and oxygen atoms in total. The number of halogens is 1. The molecule has 144 valence electrons. The molecule has 1 amide bonds. The lowest BCUT2D eigenvalue weighted by Gasteiger charge is -2.34. The van der Waals surface area contributed by atoms with Crippen molar-refractivity contribution in [3.63, 3.8) is 0 Å². The predicted molar refractivity (Wildman–Crippen MR) is 110 cm³/mol. The lowest BCUT2D eigenvalue weighted by atomic mass is 9.97. The highest BCUT2D eigenvalue weighted by atomic mass is 35.5. The van der Waals surface area contributed by atoms with Crippen LogP contribution in [0.15, 0.2) is 48.8 Å². The fourth-order valence-corrected chi connectivity index (χ4v) is 3.87. The van der Waals surface area contributed by atoms with Crippen LogP contribution in [0.3, 0.4) is 0 Å².